The van der Waals surface area contributed by atoms with Crippen molar-refractivity contribution in [1.29, 1.82) is 0 Å². The highest BCUT2D eigenvalue weighted by molar-refractivity contribution is 5.27. The van der Waals surface area contributed by atoms with E-state index in [1.54, 1.807) is 0 Å². The van der Waals surface area contributed by atoms with Crippen LogP contribution in [-0.4, -0.2) is 37.2 Å². The largest absolute Gasteiger partial charge is 0.377 e. The maximum Gasteiger partial charge on any atom is 0.0700 e. The third kappa shape index (κ3) is 4.58. The van der Waals surface area contributed by atoms with Crippen molar-refractivity contribution < 1.29 is 4.74 Å². The van der Waals surface area contributed by atoms with Crippen LogP contribution < -0.4 is 5.32 Å². The number of ether oxygens (including phenoxy) is 1. The van der Waals surface area contributed by atoms with Gasteiger partial charge < -0.3 is 10.1 Å². The predicted octanol–water partition coefficient (Wildman–Crippen LogP) is 2.80. The van der Waals surface area contributed by atoms with Crippen LogP contribution in [-0.2, 0) is 17.8 Å². The molecule has 0 amide bonds. The summed E-state index contributed by atoms with van der Waals surface area (Å²) in [6.45, 7) is 10.6. The second-order valence-electron chi connectivity index (χ2n) is 5.50. The minimum atomic E-state index is 0.421. The zero-order valence-electron chi connectivity index (χ0n) is 12.9. The van der Waals surface area contributed by atoms with Crippen LogP contribution in [0.2, 0.25) is 0 Å². The maximum atomic E-state index is 5.65. The fraction of sp³-hybridized carbons (Fsp3) is 0.647. The Morgan fingerprint density at radius 1 is 1.20 bits per heavy atom. The predicted molar refractivity (Wildman–Crippen MR) is 83.7 cm³/mol. The molecule has 0 radical (unpaired) electrons. The Bertz CT molecular complexity index is 384. The lowest BCUT2D eigenvalue weighted by Gasteiger charge is -2.20. The van der Waals surface area contributed by atoms with Crippen LogP contribution in [0.1, 0.15) is 37.8 Å². The lowest BCUT2D eigenvalue weighted by molar-refractivity contribution is 0.110. The summed E-state index contributed by atoms with van der Waals surface area (Å²) in [5.41, 5.74) is 2.86. The summed E-state index contributed by atoms with van der Waals surface area (Å²) < 4.78 is 5.65. The molecule has 1 atom stereocenters. The van der Waals surface area contributed by atoms with E-state index in [1.165, 1.54) is 24.0 Å². The summed E-state index contributed by atoms with van der Waals surface area (Å²) in [5, 5.41) is 3.55. The van der Waals surface area contributed by atoms with Crippen LogP contribution in [0.5, 0.6) is 0 Å². The van der Waals surface area contributed by atoms with Gasteiger partial charge >= 0.3 is 0 Å². The minimum absolute atomic E-state index is 0.421. The molecule has 1 heterocycles. The lowest BCUT2D eigenvalue weighted by atomic mass is 10.1. The molecule has 1 aliphatic rings. The summed E-state index contributed by atoms with van der Waals surface area (Å²) in [6.07, 6.45) is 2.84. The molecule has 1 fully saturated rings. The van der Waals surface area contributed by atoms with Crippen molar-refractivity contribution >= 4 is 0 Å². The molecule has 1 N–H and O–H groups in total. The smallest absolute Gasteiger partial charge is 0.0700 e. The van der Waals surface area contributed by atoms with Gasteiger partial charge in [0.15, 0.2) is 0 Å². The van der Waals surface area contributed by atoms with Gasteiger partial charge in [-0.15, -0.1) is 0 Å². The van der Waals surface area contributed by atoms with Crippen molar-refractivity contribution in [2.75, 3.05) is 26.2 Å². The molecular formula is C17H28N2O. The van der Waals surface area contributed by atoms with Crippen molar-refractivity contribution in [3.63, 3.8) is 0 Å². The first kappa shape index (κ1) is 15.5. The molecular weight excluding hydrogens is 248 g/mol. The second-order valence-corrected chi connectivity index (χ2v) is 5.50. The zero-order chi connectivity index (χ0) is 14.2. The first-order valence-corrected chi connectivity index (χ1v) is 7.95. The van der Waals surface area contributed by atoms with E-state index in [4.69, 9.17) is 4.74 Å². The SMILES string of the molecule is CCN(CC)Cc1ccccc1CNCC1CCCO1. The summed E-state index contributed by atoms with van der Waals surface area (Å²) in [4.78, 5) is 2.46. The number of nitrogens with zero attached hydrogens (tertiary/aromatic N) is 1. The molecule has 0 spiro atoms. The molecule has 0 aromatic heterocycles. The average molecular weight is 276 g/mol. The van der Waals surface area contributed by atoms with Crippen molar-refractivity contribution in [3.05, 3.63) is 35.4 Å². The van der Waals surface area contributed by atoms with Gasteiger partial charge in [0, 0.05) is 26.2 Å². The third-order valence-electron chi connectivity index (χ3n) is 4.12. The number of hydrogen-bond donors (Lipinski definition) is 1. The maximum absolute atomic E-state index is 5.65. The van der Waals surface area contributed by atoms with Crippen molar-refractivity contribution in [2.24, 2.45) is 0 Å². The van der Waals surface area contributed by atoms with E-state index in [0.29, 0.717) is 6.10 Å². The molecule has 112 valence electrons. The van der Waals surface area contributed by atoms with Crippen LogP contribution in [0, 0.1) is 0 Å². The van der Waals surface area contributed by atoms with E-state index in [-0.39, 0.29) is 0 Å². The molecule has 1 aromatic carbocycles. The van der Waals surface area contributed by atoms with E-state index in [1.807, 2.05) is 0 Å². The van der Waals surface area contributed by atoms with E-state index in [0.717, 1.165) is 39.3 Å². The number of hydrogen-bond acceptors (Lipinski definition) is 3. The van der Waals surface area contributed by atoms with Crippen LogP contribution in [0.3, 0.4) is 0 Å². The van der Waals surface area contributed by atoms with E-state index in [2.05, 4.69) is 48.3 Å². The zero-order valence-corrected chi connectivity index (χ0v) is 12.9. The van der Waals surface area contributed by atoms with Gasteiger partial charge in [-0.2, -0.15) is 0 Å². The first-order valence-electron chi connectivity index (χ1n) is 7.95. The van der Waals surface area contributed by atoms with Crippen molar-refractivity contribution in [2.45, 2.75) is 45.9 Å². The molecule has 1 aromatic rings. The van der Waals surface area contributed by atoms with Crippen molar-refractivity contribution in [3.8, 4) is 0 Å². The van der Waals surface area contributed by atoms with Gasteiger partial charge in [0.2, 0.25) is 0 Å². The third-order valence-corrected chi connectivity index (χ3v) is 4.12. The highest BCUT2D eigenvalue weighted by Gasteiger charge is 2.14. The fourth-order valence-electron chi connectivity index (χ4n) is 2.75. The van der Waals surface area contributed by atoms with E-state index >= 15 is 0 Å². The minimum Gasteiger partial charge on any atom is -0.377 e. The highest BCUT2D eigenvalue weighted by Crippen LogP contribution is 2.13. The quantitative estimate of drug-likeness (QED) is 0.790. The topological polar surface area (TPSA) is 24.5 Å². The normalized spacial score (nSPS) is 18.9. The summed E-state index contributed by atoms with van der Waals surface area (Å²) in [5.74, 6) is 0. The average Bonchev–Trinajstić information content (AvgIpc) is 2.99. The fourth-order valence-corrected chi connectivity index (χ4v) is 2.75. The van der Waals surface area contributed by atoms with Gasteiger partial charge in [-0.1, -0.05) is 38.1 Å². The molecule has 0 saturated carbocycles. The van der Waals surface area contributed by atoms with Gasteiger partial charge in [-0.05, 0) is 37.1 Å². The summed E-state index contributed by atoms with van der Waals surface area (Å²) >= 11 is 0. The Morgan fingerprint density at radius 3 is 2.60 bits per heavy atom. The van der Waals surface area contributed by atoms with Crippen molar-refractivity contribution in [1.82, 2.24) is 10.2 Å². The van der Waals surface area contributed by atoms with Crippen LogP contribution in [0.4, 0.5) is 0 Å². The Kier molecular flexibility index (Phi) is 6.51. The summed E-state index contributed by atoms with van der Waals surface area (Å²) in [7, 11) is 0. The molecule has 0 aliphatic carbocycles. The van der Waals surface area contributed by atoms with E-state index < -0.39 is 0 Å². The van der Waals surface area contributed by atoms with Crippen LogP contribution in [0.25, 0.3) is 0 Å². The molecule has 0 bridgehead atoms. The van der Waals surface area contributed by atoms with Crippen LogP contribution in [0.15, 0.2) is 24.3 Å². The Balaban J connectivity index is 1.86. The van der Waals surface area contributed by atoms with Gasteiger partial charge in [0.05, 0.1) is 6.10 Å². The Labute approximate surface area is 123 Å². The summed E-state index contributed by atoms with van der Waals surface area (Å²) in [6, 6.07) is 8.76. The van der Waals surface area contributed by atoms with Gasteiger partial charge in [-0.25, -0.2) is 0 Å². The highest BCUT2D eigenvalue weighted by atomic mass is 16.5. The molecule has 3 nitrogen and oxygen atoms in total. The molecule has 1 aliphatic heterocycles. The number of rotatable bonds is 8. The molecule has 2 rings (SSSR count). The van der Waals surface area contributed by atoms with Gasteiger partial charge in [0.1, 0.15) is 0 Å². The monoisotopic (exact) mass is 276 g/mol. The Hall–Kier alpha value is -0.900. The van der Waals surface area contributed by atoms with E-state index in [9.17, 15) is 0 Å². The molecule has 3 heteroatoms. The standard InChI is InChI=1S/C17H28N2O/c1-3-19(4-2)14-16-9-6-5-8-15(16)12-18-13-17-10-7-11-20-17/h5-6,8-9,17-18H,3-4,7,10-14H2,1-2H3. The first-order chi connectivity index (χ1) is 9.83. The lowest BCUT2D eigenvalue weighted by Crippen LogP contribution is -2.27. The van der Waals surface area contributed by atoms with Crippen LogP contribution >= 0.6 is 0 Å². The Morgan fingerprint density at radius 2 is 1.95 bits per heavy atom. The van der Waals surface area contributed by atoms with Gasteiger partial charge in [-0.3, -0.25) is 4.90 Å². The second kappa shape index (κ2) is 8.40. The molecule has 1 saturated heterocycles. The molecule has 20 heavy (non-hydrogen) atoms. The number of nitrogens with one attached hydrogen (secondary N) is 1. The van der Waals surface area contributed by atoms with Gasteiger partial charge in [0.25, 0.3) is 0 Å². The number of benzene rings is 1. The molecule has 1 unspecified atom stereocenters.